The number of carbonyl (C=O) groups excluding carboxylic acids is 2. The Labute approximate surface area is 101 Å². The summed E-state index contributed by atoms with van der Waals surface area (Å²) in [6, 6.07) is 1.72. The van der Waals surface area contributed by atoms with Crippen LogP contribution in [0.3, 0.4) is 0 Å². The molecule has 0 spiro atoms. The Morgan fingerprint density at radius 2 is 1.94 bits per heavy atom. The fourth-order valence-electron chi connectivity index (χ4n) is 1.000. The van der Waals surface area contributed by atoms with Crippen molar-refractivity contribution in [2.45, 2.75) is 0 Å². The van der Waals surface area contributed by atoms with Gasteiger partial charge in [-0.05, 0) is 7.05 Å². The third-order valence-electron chi connectivity index (χ3n) is 1.99. The molecule has 0 aliphatic carbocycles. The number of hydrogen-bond donors (Lipinski definition) is 2. The summed E-state index contributed by atoms with van der Waals surface area (Å²) in [4.78, 5) is 24.2. The van der Waals surface area contributed by atoms with Gasteiger partial charge in [0.2, 0.25) is 0 Å². The highest BCUT2D eigenvalue weighted by atomic mass is 16.5. The van der Waals surface area contributed by atoms with Crippen LogP contribution in [0, 0.1) is 11.3 Å². The zero-order chi connectivity index (χ0) is 13.1. The van der Waals surface area contributed by atoms with Crippen LogP contribution in [-0.2, 0) is 14.3 Å². The van der Waals surface area contributed by atoms with Crippen molar-refractivity contribution in [3.63, 3.8) is 0 Å². The zero-order valence-electron chi connectivity index (χ0n) is 10.2. The molecule has 2 N–H and O–H groups in total. The second-order valence-corrected chi connectivity index (χ2v) is 3.39. The van der Waals surface area contributed by atoms with Gasteiger partial charge >= 0.3 is 11.8 Å². The molecule has 96 valence electrons. The first kappa shape index (κ1) is 15.3. The topological polar surface area (TPSA) is 94.5 Å². The van der Waals surface area contributed by atoms with Crippen LogP contribution in [0.4, 0.5) is 0 Å². The number of methoxy groups -OCH3 is 1. The predicted octanol–water partition coefficient (Wildman–Crippen LogP) is -1.68. The summed E-state index contributed by atoms with van der Waals surface area (Å²) in [5, 5.41) is 12.8. The van der Waals surface area contributed by atoms with Crippen molar-refractivity contribution in [1.29, 1.82) is 5.26 Å². The average Bonchev–Trinajstić information content (AvgIpc) is 2.33. The lowest BCUT2D eigenvalue weighted by atomic mass is 10.4. The molecule has 0 unspecified atom stereocenters. The van der Waals surface area contributed by atoms with Crippen molar-refractivity contribution in [2.24, 2.45) is 0 Å². The van der Waals surface area contributed by atoms with Gasteiger partial charge < -0.3 is 20.3 Å². The van der Waals surface area contributed by atoms with Crippen LogP contribution in [0.2, 0.25) is 0 Å². The Bertz CT molecular complexity index is 288. The molecular formula is C10H18N4O3. The largest absolute Gasteiger partial charge is 0.383 e. The molecule has 0 saturated heterocycles. The van der Waals surface area contributed by atoms with Crippen LogP contribution < -0.4 is 10.6 Å². The highest BCUT2D eigenvalue weighted by Gasteiger charge is 2.11. The molecule has 0 rings (SSSR count). The first-order valence-electron chi connectivity index (χ1n) is 5.22. The number of hydrogen-bond acceptors (Lipinski definition) is 5. The third-order valence-corrected chi connectivity index (χ3v) is 1.99. The molecule has 0 aromatic carbocycles. The summed E-state index contributed by atoms with van der Waals surface area (Å²) in [5.41, 5.74) is 0. The number of nitrogens with zero attached hydrogens (tertiary/aromatic N) is 2. The van der Waals surface area contributed by atoms with E-state index in [2.05, 4.69) is 10.6 Å². The van der Waals surface area contributed by atoms with Gasteiger partial charge in [-0.25, -0.2) is 0 Å². The van der Waals surface area contributed by atoms with Crippen LogP contribution in [0.15, 0.2) is 0 Å². The van der Waals surface area contributed by atoms with Gasteiger partial charge in [0.25, 0.3) is 0 Å². The van der Waals surface area contributed by atoms with Gasteiger partial charge in [-0.1, -0.05) is 0 Å². The molecule has 17 heavy (non-hydrogen) atoms. The summed E-state index contributed by atoms with van der Waals surface area (Å²) in [6.07, 6.45) is 0. The van der Waals surface area contributed by atoms with E-state index in [1.54, 1.807) is 13.2 Å². The molecule has 0 radical (unpaired) electrons. The lowest BCUT2D eigenvalue weighted by Crippen LogP contribution is -2.42. The molecule has 0 aliphatic rings. The van der Waals surface area contributed by atoms with E-state index < -0.39 is 11.8 Å². The second-order valence-electron chi connectivity index (χ2n) is 3.39. The van der Waals surface area contributed by atoms with Gasteiger partial charge in [-0.2, -0.15) is 5.26 Å². The lowest BCUT2D eigenvalue weighted by molar-refractivity contribution is -0.139. The molecule has 7 heteroatoms. The maximum absolute atomic E-state index is 11.2. The van der Waals surface area contributed by atoms with Crippen molar-refractivity contribution < 1.29 is 14.3 Å². The first-order valence-corrected chi connectivity index (χ1v) is 5.22. The molecule has 7 nitrogen and oxygen atoms in total. The van der Waals surface area contributed by atoms with E-state index in [0.29, 0.717) is 19.7 Å². The van der Waals surface area contributed by atoms with Gasteiger partial charge in [-0.15, -0.1) is 0 Å². The summed E-state index contributed by atoms with van der Waals surface area (Å²) in [5.74, 6) is -1.51. The van der Waals surface area contributed by atoms with E-state index in [9.17, 15) is 9.59 Å². The molecule has 0 heterocycles. The van der Waals surface area contributed by atoms with Crippen molar-refractivity contribution in [3.8, 4) is 6.07 Å². The van der Waals surface area contributed by atoms with Crippen LogP contribution in [0.25, 0.3) is 0 Å². The molecule has 2 amide bonds. The minimum Gasteiger partial charge on any atom is -0.383 e. The number of amides is 2. The van der Waals surface area contributed by atoms with Gasteiger partial charge in [0, 0.05) is 26.7 Å². The van der Waals surface area contributed by atoms with Gasteiger partial charge in [0.05, 0.1) is 12.7 Å². The van der Waals surface area contributed by atoms with Gasteiger partial charge in [-0.3, -0.25) is 9.59 Å². The Kier molecular flexibility index (Phi) is 8.64. The number of nitriles is 1. The fourth-order valence-corrected chi connectivity index (χ4v) is 1.000. The van der Waals surface area contributed by atoms with Crippen molar-refractivity contribution in [1.82, 2.24) is 15.5 Å². The number of ether oxygens (including phenoxy) is 1. The van der Waals surface area contributed by atoms with E-state index in [1.807, 2.05) is 11.9 Å². The molecular weight excluding hydrogens is 224 g/mol. The number of carbonyl (C=O) groups is 2. The molecule has 0 saturated carbocycles. The van der Waals surface area contributed by atoms with E-state index >= 15 is 0 Å². The van der Waals surface area contributed by atoms with Crippen LogP contribution >= 0.6 is 0 Å². The van der Waals surface area contributed by atoms with E-state index in [4.69, 9.17) is 10.00 Å². The summed E-state index contributed by atoms with van der Waals surface area (Å²) >= 11 is 0. The Hall–Kier alpha value is -1.65. The first-order chi connectivity index (χ1) is 8.11. The molecule has 0 aromatic rings. The maximum Gasteiger partial charge on any atom is 0.310 e. The highest BCUT2D eigenvalue weighted by Crippen LogP contribution is 1.81. The van der Waals surface area contributed by atoms with Crippen LogP contribution in [-0.4, -0.2) is 63.7 Å². The smallest absolute Gasteiger partial charge is 0.310 e. The lowest BCUT2D eigenvalue weighted by Gasteiger charge is -2.15. The van der Waals surface area contributed by atoms with E-state index in [1.165, 1.54) is 0 Å². The van der Waals surface area contributed by atoms with E-state index in [0.717, 1.165) is 6.54 Å². The summed E-state index contributed by atoms with van der Waals surface area (Å²) < 4.78 is 4.90. The third kappa shape index (κ3) is 8.19. The Morgan fingerprint density at radius 1 is 1.29 bits per heavy atom. The highest BCUT2D eigenvalue weighted by molar-refractivity contribution is 6.35. The number of likely N-dealkylation sites (N-methyl/N-ethyl adjacent to an activating group) is 1. The monoisotopic (exact) mass is 242 g/mol. The van der Waals surface area contributed by atoms with Gasteiger partial charge in [0.15, 0.2) is 0 Å². The van der Waals surface area contributed by atoms with Crippen molar-refractivity contribution >= 4 is 11.8 Å². The number of rotatable bonds is 7. The SMILES string of the molecule is COCCN(C)CCNC(=O)C(=O)NCC#N. The van der Waals surface area contributed by atoms with Crippen LogP contribution in [0.5, 0.6) is 0 Å². The van der Waals surface area contributed by atoms with Crippen molar-refractivity contribution in [2.75, 3.05) is 46.9 Å². The normalized spacial score (nSPS) is 9.76. The Morgan fingerprint density at radius 3 is 2.53 bits per heavy atom. The quantitative estimate of drug-likeness (QED) is 0.411. The average molecular weight is 242 g/mol. The summed E-state index contributed by atoms with van der Waals surface area (Å²) in [7, 11) is 3.51. The van der Waals surface area contributed by atoms with Gasteiger partial charge in [0.1, 0.15) is 6.54 Å². The second kappa shape index (κ2) is 9.57. The van der Waals surface area contributed by atoms with E-state index in [-0.39, 0.29) is 6.54 Å². The maximum atomic E-state index is 11.2. The molecule has 0 fully saturated rings. The Balaban J connectivity index is 3.63. The van der Waals surface area contributed by atoms with Crippen LogP contribution in [0.1, 0.15) is 0 Å². The number of nitrogens with one attached hydrogen (secondary N) is 2. The standard InChI is InChI=1S/C10H18N4O3/c1-14(7-8-17-2)6-5-13-10(16)9(15)12-4-3-11/h4-8H2,1-2H3,(H,12,15)(H,13,16). The minimum absolute atomic E-state index is 0.167. The summed E-state index contributed by atoms with van der Waals surface area (Å²) in [6.45, 7) is 2.21. The zero-order valence-corrected chi connectivity index (χ0v) is 10.2. The molecule has 0 atom stereocenters. The molecule has 0 aromatic heterocycles. The predicted molar refractivity (Wildman–Crippen MR) is 61.0 cm³/mol. The minimum atomic E-state index is -0.786. The molecule has 0 bridgehead atoms. The fraction of sp³-hybridized carbons (Fsp3) is 0.700. The molecule has 0 aliphatic heterocycles. The van der Waals surface area contributed by atoms with Crippen molar-refractivity contribution in [3.05, 3.63) is 0 Å².